The molecule has 2 atom stereocenters. The standard InChI is InChI=1S/C13H19N3O4S/c1-8-14-7-12(15-8)21(19,20)16-10-2-3-11(16)5-9(4-10)6-13(17)18/h7,9-11H,2-6H2,1H3,(H,14,15)(H,17,18). The molecule has 1 aromatic rings. The molecule has 21 heavy (non-hydrogen) atoms. The average Bonchev–Trinajstić information content (AvgIpc) is 2.92. The van der Waals surface area contributed by atoms with Gasteiger partial charge in [0.25, 0.3) is 10.0 Å². The minimum Gasteiger partial charge on any atom is -0.481 e. The van der Waals surface area contributed by atoms with E-state index in [-0.39, 0.29) is 29.4 Å². The Kier molecular flexibility index (Phi) is 3.53. The van der Waals surface area contributed by atoms with Gasteiger partial charge < -0.3 is 10.1 Å². The Bertz CT molecular complexity index is 640. The highest BCUT2D eigenvalue weighted by Crippen LogP contribution is 2.42. The number of nitrogens with zero attached hydrogens (tertiary/aromatic N) is 2. The third-order valence-electron chi connectivity index (χ3n) is 4.46. The zero-order valence-corrected chi connectivity index (χ0v) is 12.6. The molecule has 0 saturated carbocycles. The number of rotatable bonds is 4. The highest BCUT2D eigenvalue weighted by atomic mass is 32.2. The van der Waals surface area contributed by atoms with Gasteiger partial charge in [-0.05, 0) is 38.5 Å². The fourth-order valence-electron chi connectivity index (χ4n) is 3.70. The van der Waals surface area contributed by atoms with Crippen molar-refractivity contribution in [3.8, 4) is 0 Å². The molecular formula is C13H19N3O4S. The number of aromatic amines is 1. The van der Waals surface area contributed by atoms with Crippen molar-refractivity contribution < 1.29 is 18.3 Å². The number of H-pyrrole nitrogens is 1. The second-order valence-corrected chi connectivity index (χ2v) is 7.80. The van der Waals surface area contributed by atoms with Crippen molar-refractivity contribution in [2.45, 2.75) is 56.1 Å². The van der Waals surface area contributed by atoms with Gasteiger partial charge in [0.15, 0.2) is 5.03 Å². The van der Waals surface area contributed by atoms with Crippen LogP contribution in [0.2, 0.25) is 0 Å². The second-order valence-electron chi connectivity index (χ2n) is 5.99. The Labute approximate surface area is 123 Å². The van der Waals surface area contributed by atoms with Gasteiger partial charge in [0.2, 0.25) is 0 Å². The van der Waals surface area contributed by atoms with Crippen LogP contribution in [-0.2, 0) is 14.8 Å². The van der Waals surface area contributed by atoms with Gasteiger partial charge in [0.1, 0.15) is 5.82 Å². The van der Waals surface area contributed by atoms with Gasteiger partial charge in [-0.3, -0.25) is 4.79 Å². The van der Waals surface area contributed by atoms with Crippen LogP contribution in [0.4, 0.5) is 0 Å². The van der Waals surface area contributed by atoms with E-state index in [4.69, 9.17) is 5.11 Å². The lowest BCUT2D eigenvalue weighted by Crippen LogP contribution is -2.46. The van der Waals surface area contributed by atoms with Crippen LogP contribution in [0.3, 0.4) is 0 Å². The highest BCUT2D eigenvalue weighted by Gasteiger charge is 2.47. The van der Waals surface area contributed by atoms with Gasteiger partial charge in [0.05, 0.1) is 6.20 Å². The highest BCUT2D eigenvalue weighted by molar-refractivity contribution is 7.89. The molecule has 116 valence electrons. The molecule has 0 aromatic carbocycles. The molecule has 3 heterocycles. The number of carbonyl (C=O) groups is 1. The van der Waals surface area contributed by atoms with Crippen molar-refractivity contribution in [2.24, 2.45) is 5.92 Å². The summed E-state index contributed by atoms with van der Waals surface area (Å²) in [7, 11) is -3.56. The maximum Gasteiger partial charge on any atom is 0.303 e. The van der Waals surface area contributed by atoms with Crippen molar-refractivity contribution in [1.29, 1.82) is 0 Å². The topological polar surface area (TPSA) is 103 Å². The quantitative estimate of drug-likeness (QED) is 0.867. The second kappa shape index (κ2) is 5.10. The molecule has 3 rings (SSSR count). The van der Waals surface area contributed by atoms with Crippen LogP contribution in [0.25, 0.3) is 0 Å². The van der Waals surface area contributed by atoms with E-state index in [0.717, 1.165) is 12.8 Å². The van der Waals surface area contributed by atoms with Crippen LogP contribution >= 0.6 is 0 Å². The Morgan fingerprint density at radius 1 is 1.43 bits per heavy atom. The molecule has 2 N–H and O–H groups in total. The molecule has 1 aromatic heterocycles. The Morgan fingerprint density at radius 2 is 2.05 bits per heavy atom. The number of carboxylic acids is 1. The van der Waals surface area contributed by atoms with Crippen LogP contribution in [0.5, 0.6) is 0 Å². The van der Waals surface area contributed by atoms with Crippen molar-refractivity contribution in [3.63, 3.8) is 0 Å². The number of carboxylic acid groups (broad SMARTS) is 1. The van der Waals surface area contributed by atoms with E-state index in [1.165, 1.54) is 6.20 Å². The summed E-state index contributed by atoms with van der Waals surface area (Å²) < 4.78 is 27.0. The van der Waals surface area contributed by atoms with Gasteiger partial charge in [-0.2, -0.15) is 4.31 Å². The molecule has 2 aliphatic rings. The summed E-state index contributed by atoms with van der Waals surface area (Å²) in [6.07, 6.45) is 4.38. The molecule has 2 aliphatic heterocycles. The fraction of sp³-hybridized carbons (Fsp3) is 0.692. The summed E-state index contributed by atoms with van der Waals surface area (Å²) in [6.45, 7) is 1.72. The van der Waals surface area contributed by atoms with E-state index in [0.29, 0.717) is 18.7 Å². The molecule has 0 aliphatic carbocycles. The van der Waals surface area contributed by atoms with Gasteiger partial charge in [-0.15, -0.1) is 0 Å². The lowest BCUT2D eigenvalue weighted by Gasteiger charge is -2.37. The largest absolute Gasteiger partial charge is 0.481 e. The monoisotopic (exact) mass is 313 g/mol. The fourth-order valence-corrected chi connectivity index (χ4v) is 5.55. The number of hydrogen-bond acceptors (Lipinski definition) is 4. The summed E-state index contributed by atoms with van der Waals surface area (Å²) in [4.78, 5) is 17.6. The number of nitrogens with one attached hydrogen (secondary N) is 1. The number of aliphatic carboxylic acids is 1. The first-order valence-electron chi connectivity index (χ1n) is 7.15. The van der Waals surface area contributed by atoms with Crippen molar-refractivity contribution >= 4 is 16.0 Å². The van der Waals surface area contributed by atoms with Gasteiger partial charge in [-0.1, -0.05) is 0 Å². The van der Waals surface area contributed by atoms with E-state index in [1.54, 1.807) is 11.2 Å². The van der Waals surface area contributed by atoms with Gasteiger partial charge in [-0.25, -0.2) is 13.4 Å². The minimum atomic E-state index is -3.56. The third-order valence-corrected chi connectivity index (χ3v) is 6.38. The third kappa shape index (κ3) is 2.57. The number of aryl methyl sites for hydroxylation is 1. The molecule has 2 fully saturated rings. The zero-order chi connectivity index (χ0) is 15.2. The molecular weight excluding hydrogens is 294 g/mol. The van der Waals surface area contributed by atoms with E-state index < -0.39 is 16.0 Å². The first kappa shape index (κ1) is 14.5. The van der Waals surface area contributed by atoms with E-state index in [1.807, 2.05) is 0 Å². The summed E-state index contributed by atoms with van der Waals surface area (Å²) in [6, 6.07) is -0.164. The zero-order valence-electron chi connectivity index (χ0n) is 11.8. The van der Waals surface area contributed by atoms with Crippen LogP contribution in [0.1, 0.15) is 37.9 Å². The Hall–Kier alpha value is -1.41. The van der Waals surface area contributed by atoms with E-state index in [9.17, 15) is 13.2 Å². The lowest BCUT2D eigenvalue weighted by atomic mass is 9.90. The lowest BCUT2D eigenvalue weighted by molar-refractivity contribution is -0.138. The van der Waals surface area contributed by atoms with Crippen molar-refractivity contribution in [1.82, 2.24) is 14.3 Å². The first-order chi connectivity index (χ1) is 9.88. The summed E-state index contributed by atoms with van der Waals surface area (Å²) in [5, 5.41) is 9.05. The van der Waals surface area contributed by atoms with Crippen LogP contribution < -0.4 is 0 Å². The molecule has 7 nitrogen and oxygen atoms in total. The predicted molar refractivity (Wildman–Crippen MR) is 74.1 cm³/mol. The molecule has 8 heteroatoms. The summed E-state index contributed by atoms with van der Waals surface area (Å²) in [5.74, 6) is -0.156. The van der Waals surface area contributed by atoms with Crippen molar-refractivity contribution in [3.05, 3.63) is 12.0 Å². The normalized spacial score (nSPS) is 29.7. The predicted octanol–water partition coefficient (Wildman–Crippen LogP) is 1.12. The number of piperidine rings is 1. The summed E-state index contributed by atoms with van der Waals surface area (Å²) >= 11 is 0. The average molecular weight is 313 g/mol. The van der Waals surface area contributed by atoms with Crippen LogP contribution in [-0.4, -0.2) is 45.9 Å². The molecule has 0 amide bonds. The van der Waals surface area contributed by atoms with Crippen LogP contribution in [0, 0.1) is 12.8 Å². The van der Waals surface area contributed by atoms with E-state index >= 15 is 0 Å². The number of sulfonamides is 1. The summed E-state index contributed by atoms with van der Waals surface area (Å²) in [5.41, 5.74) is 0. The number of imidazole rings is 1. The molecule has 2 unspecified atom stereocenters. The SMILES string of the molecule is Cc1ncc(S(=O)(=O)N2C3CCC2CC(CC(=O)O)C3)[nH]1. The van der Waals surface area contributed by atoms with Crippen molar-refractivity contribution in [2.75, 3.05) is 0 Å². The van der Waals surface area contributed by atoms with E-state index in [2.05, 4.69) is 9.97 Å². The van der Waals surface area contributed by atoms with Crippen LogP contribution in [0.15, 0.2) is 11.2 Å². The minimum absolute atomic E-state index is 0.0787. The maximum atomic E-state index is 12.7. The van der Waals surface area contributed by atoms with Gasteiger partial charge >= 0.3 is 5.97 Å². The molecule has 2 saturated heterocycles. The molecule has 0 radical (unpaired) electrons. The number of fused-ring (bicyclic) bond motifs is 2. The smallest absolute Gasteiger partial charge is 0.303 e. The Morgan fingerprint density at radius 3 is 2.52 bits per heavy atom. The van der Waals surface area contributed by atoms with Gasteiger partial charge in [0, 0.05) is 18.5 Å². The molecule has 2 bridgehead atoms. The number of hydrogen-bond donors (Lipinski definition) is 2. The molecule has 0 spiro atoms. The first-order valence-corrected chi connectivity index (χ1v) is 8.59. The number of aromatic nitrogens is 2. The Balaban J connectivity index is 1.83. The maximum absolute atomic E-state index is 12.7.